The Morgan fingerprint density at radius 2 is 2.00 bits per heavy atom. The highest BCUT2D eigenvalue weighted by Gasteiger charge is 2.29. The molecule has 1 N–H and O–H groups in total. The van der Waals surface area contributed by atoms with Gasteiger partial charge in [0.2, 0.25) is 10.1 Å². The highest BCUT2D eigenvalue weighted by Crippen LogP contribution is 2.28. The Bertz CT molecular complexity index is 1000. The molecule has 0 saturated heterocycles. The van der Waals surface area contributed by atoms with E-state index < -0.39 is 0 Å². The van der Waals surface area contributed by atoms with Crippen LogP contribution in [-0.2, 0) is 13.0 Å². The zero-order chi connectivity index (χ0) is 19.0. The minimum atomic E-state index is -0.149. The van der Waals surface area contributed by atoms with Gasteiger partial charge in [0.05, 0.1) is 0 Å². The second-order valence-electron chi connectivity index (χ2n) is 8.20. The van der Waals surface area contributed by atoms with Crippen LogP contribution >= 0.6 is 11.3 Å². The van der Waals surface area contributed by atoms with Gasteiger partial charge in [-0.05, 0) is 23.0 Å². The molecule has 0 radical (unpaired) electrons. The van der Waals surface area contributed by atoms with Crippen LogP contribution in [0.1, 0.15) is 31.9 Å². The molecule has 1 atom stereocenters. The second-order valence-corrected chi connectivity index (χ2v) is 9.16. The Morgan fingerprint density at radius 3 is 2.74 bits per heavy atom. The normalized spacial score (nSPS) is 16.3. The highest BCUT2D eigenvalue weighted by atomic mass is 32.1. The smallest absolute Gasteiger partial charge is 0.275 e. The Hall–Kier alpha value is -2.25. The fourth-order valence-electron chi connectivity index (χ4n) is 3.46. The minimum Gasteiger partial charge on any atom is -0.356 e. The van der Waals surface area contributed by atoms with Crippen LogP contribution in [0.15, 0.2) is 41.3 Å². The first kappa shape index (κ1) is 18.1. The van der Waals surface area contributed by atoms with Crippen molar-refractivity contribution in [1.29, 1.82) is 0 Å². The first-order valence-corrected chi connectivity index (χ1v) is 10.1. The lowest BCUT2D eigenvalue weighted by Gasteiger charge is -2.37. The molecule has 2 aromatic heterocycles. The van der Waals surface area contributed by atoms with E-state index in [1.165, 1.54) is 39.2 Å². The van der Waals surface area contributed by atoms with E-state index in [0.717, 1.165) is 31.2 Å². The van der Waals surface area contributed by atoms with E-state index in [-0.39, 0.29) is 17.0 Å². The summed E-state index contributed by atoms with van der Waals surface area (Å²) in [5.74, 6) is 0. The van der Waals surface area contributed by atoms with Gasteiger partial charge in [0.25, 0.3) is 5.56 Å². The van der Waals surface area contributed by atoms with Crippen LogP contribution < -0.4 is 10.9 Å². The van der Waals surface area contributed by atoms with Gasteiger partial charge in [0, 0.05) is 37.9 Å². The van der Waals surface area contributed by atoms with Gasteiger partial charge in [-0.15, -0.1) is 5.10 Å². The molecule has 1 aliphatic heterocycles. The monoisotopic (exact) mass is 383 g/mol. The number of anilines is 1. The molecule has 0 amide bonds. The zero-order valence-corrected chi connectivity index (χ0v) is 16.8. The van der Waals surface area contributed by atoms with Crippen LogP contribution in [0.2, 0.25) is 0 Å². The third kappa shape index (κ3) is 3.89. The van der Waals surface area contributed by atoms with E-state index in [0.29, 0.717) is 4.96 Å². The van der Waals surface area contributed by atoms with Crippen LogP contribution in [0.4, 0.5) is 5.13 Å². The molecule has 0 saturated carbocycles. The van der Waals surface area contributed by atoms with Gasteiger partial charge in [0.1, 0.15) is 0 Å². The lowest BCUT2D eigenvalue weighted by molar-refractivity contribution is 0.196. The maximum Gasteiger partial charge on any atom is 0.275 e. The maximum absolute atomic E-state index is 11.9. The molecule has 0 spiro atoms. The third-order valence-electron chi connectivity index (χ3n) is 5.16. The lowest BCUT2D eigenvalue weighted by Crippen LogP contribution is -2.45. The molecular formula is C20H25N5OS. The highest BCUT2D eigenvalue weighted by molar-refractivity contribution is 7.20. The van der Waals surface area contributed by atoms with Crippen LogP contribution in [0.5, 0.6) is 0 Å². The molecular weight excluding hydrogens is 358 g/mol. The summed E-state index contributed by atoms with van der Waals surface area (Å²) >= 11 is 1.42. The molecule has 0 aliphatic carbocycles. The fraction of sp³-hybridized carbons (Fsp3) is 0.450. The predicted octanol–water partition coefficient (Wildman–Crippen LogP) is 3.04. The maximum atomic E-state index is 11.9. The molecule has 4 rings (SSSR count). The quantitative estimate of drug-likeness (QED) is 0.750. The van der Waals surface area contributed by atoms with Crippen molar-refractivity contribution in [3.05, 3.63) is 58.0 Å². The average Bonchev–Trinajstić information content (AvgIpc) is 3.04. The van der Waals surface area contributed by atoms with Crippen molar-refractivity contribution >= 4 is 21.4 Å². The number of hydrogen-bond donors (Lipinski definition) is 1. The molecule has 1 aliphatic rings. The summed E-state index contributed by atoms with van der Waals surface area (Å²) < 4.78 is 1.36. The van der Waals surface area contributed by atoms with Gasteiger partial charge in [-0.2, -0.15) is 4.52 Å². The van der Waals surface area contributed by atoms with Crippen LogP contribution in [-0.4, -0.2) is 38.6 Å². The molecule has 1 aromatic carbocycles. The summed E-state index contributed by atoms with van der Waals surface area (Å²) in [6.45, 7) is 9.68. The zero-order valence-electron chi connectivity index (χ0n) is 16.0. The first-order chi connectivity index (χ1) is 12.9. The number of benzene rings is 1. The van der Waals surface area contributed by atoms with E-state index in [4.69, 9.17) is 0 Å². The van der Waals surface area contributed by atoms with Crippen molar-refractivity contribution < 1.29 is 0 Å². The van der Waals surface area contributed by atoms with Gasteiger partial charge < -0.3 is 5.32 Å². The number of rotatable bonds is 4. The van der Waals surface area contributed by atoms with Crippen LogP contribution in [0.25, 0.3) is 4.96 Å². The van der Waals surface area contributed by atoms with Gasteiger partial charge in [0.15, 0.2) is 0 Å². The molecule has 6 nitrogen and oxygen atoms in total. The van der Waals surface area contributed by atoms with E-state index in [1.54, 1.807) is 0 Å². The van der Waals surface area contributed by atoms with Crippen molar-refractivity contribution in [3.8, 4) is 0 Å². The fourth-order valence-corrected chi connectivity index (χ4v) is 4.28. The van der Waals surface area contributed by atoms with Crippen molar-refractivity contribution in [2.45, 2.75) is 39.8 Å². The van der Waals surface area contributed by atoms with Crippen LogP contribution in [0.3, 0.4) is 0 Å². The molecule has 3 heterocycles. The van der Waals surface area contributed by atoms with Crippen molar-refractivity contribution in [3.63, 3.8) is 0 Å². The number of aromatic nitrogens is 3. The van der Waals surface area contributed by atoms with E-state index in [9.17, 15) is 4.79 Å². The number of hydrogen-bond acceptors (Lipinski definition) is 6. The van der Waals surface area contributed by atoms with Gasteiger partial charge in [-0.25, -0.2) is 4.98 Å². The summed E-state index contributed by atoms with van der Waals surface area (Å²) in [7, 11) is 0. The second kappa shape index (κ2) is 7.05. The van der Waals surface area contributed by atoms with Crippen molar-refractivity contribution in [2.24, 2.45) is 5.41 Å². The molecule has 142 valence electrons. The lowest BCUT2D eigenvalue weighted by atomic mass is 9.86. The Labute approximate surface area is 162 Å². The van der Waals surface area contributed by atoms with Crippen molar-refractivity contribution in [1.82, 2.24) is 19.5 Å². The number of nitrogens with one attached hydrogen (secondary N) is 1. The molecule has 27 heavy (non-hydrogen) atoms. The Kier molecular flexibility index (Phi) is 4.74. The molecule has 1 unspecified atom stereocenters. The van der Waals surface area contributed by atoms with Gasteiger partial charge >= 0.3 is 0 Å². The van der Waals surface area contributed by atoms with E-state index in [2.05, 4.69) is 65.3 Å². The van der Waals surface area contributed by atoms with Crippen LogP contribution in [0, 0.1) is 5.41 Å². The summed E-state index contributed by atoms with van der Waals surface area (Å²) in [6.07, 6.45) is 2.62. The van der Waals surface area contributed by atoms with Gasteiger partial charge in [-0.1, -0.05) is 56.4 Å². The SMILES string of the molecule is CC(C)(C)C(CN1CCc2ccccc2C1)Nc1nn2c(=O)ccnc2s1. The summed E-state index contributed by atoms with van der Waals surface area (Å²) in [6, 6.07) is 10.3. The summed E-state index contributed by atoms with van der Waals surface area (Å²) in [5, 5.41) is 8.74. The number of nitrogens with zero attached hydrogens (tertiary/aromatic N) is 4. The number of fused-ring (bicyclic) bond motifs is 2. The summed E-state index contributed by atoms with van der Waals surface area (Å²) in [4.78, 5) is 19.3. The van der Waals surface area contributed by atoms with Crippen molar-refractivity contribution in [2.75, 3.05) is 18.4 Å². The average molecular weight is 384 g/mol. The predicted molar refractivity (Wildman–Crippen MR) is 109 cm³/mol. The summed E-state index contributed by atoms with van der Waals surface area (Å²) in [5.41, 5.74) is 2.79. The van der Waals surface area contributed by atoms with Gasteiger partial charge in [-0.3, -0.25) is 9.69 Å². The molecule has 0 fully saturated rings. The minimum absolute atomic E-state index is 0.0488. The Morgan fingerprint density at radius 1 is 1.22 bits per heavy atom. The largest absolute Gasteiger partial charge is 0.356 e. The Balaban J connectivity index is 1.53. The van der Waals surface area contributed by atoms with E-state index in [1.807, 2.05) is 0 Å². The molecule has 7 heteroatoms. The van der Waals surface area contributed by atoms with E-state index >= 15 is 0 Å². The third-order valence-corrected chi connectivity index (χ3v) is 6.02. The topological polar surface area (TPSA) is 62.5 Å². The molecule has 0 bridgehead atoms. The molecule has 3 aromatic rings. The first-order valence-electron chi connectivity index (χ1n) is 9.31. The standard InChI is InChI=1S/C20H25N5OS/c1-20(2,3)16(13-24-11-9-14-6-4-5-7-15(14)12-24)22-18-23-25-17(26)8-10-21-19(25)27-18/h4-8,10,16H,9,11-13H2,1-3H3,(H,22,23).